The van der Waals surface area contributed by atoms with Crippen molar-refractivity contribution in [2.45, 2.75) is 39.2 Å². The van der Waals surface area contributed by atoms with Gasteiger partial charge in [0.25, 0.3) is 0 Å². The van der Waals surface area contributed by atoms with Crippen LogP contribution in [0.5, 0.6) is 0 Å². The monoisotopic (exact) mass is 294 g/mol. The molecule has 1 aliphatic rings. The third-order valence-electron chi connectivity index (χ3n) is 4.25. The SMILES string of the molecule is CCC1CCCN(Cc2ccc(C(N)=S)cc2F)CC1. The molecular weight excluding hydrogens is 271 g/mol. The number of hydrogen-bond donors (Lipinski definition) is 1. The van der Waals surface area contributed by atoms with Gasteiger partial charge in [-0.15, -0.1) is 0 Å². The van der Waals surface area contributed by atoms with Crippen molar-refractivity contribution in [2.75, 3.05) is 13.1 Å². The molecule has 0 aliphatic carbocycles. The normalized spacial score (nSPS) is 20.6. The van der Waals surface area contributed by atoms with Crippen molar-refractivity contribution in [1.82, 2.24) is 4.90 Å². The summed E-state index contributed by atoms with van der Waals surface area (Å²) in [5, 5.41) is 0. The molecule has 2 N–H and O–H groups in total. The summed E-state index contributed by atoms with van der Waals surface area (Å²) in [6.45, 7) is 5.07. The highest BCUT2D eigenvalue weighted by atomic mass is 32.1. The third-order valence-corrected chi connectivity index (χ3v) is 4.48. The minimum Gasteiger partial charge on any atom is -0.389 e. The third kappa shape index (κ3) is 4.00. The standard InChI is InChI=1S/C16H23FN2S/c1-2-12-4-3-8-19(9-7-12)11-14-6-5-13(16(18)20)10-15(14)17/h5-6,10,12H,2-4,7-9,11H2,1H3,(H2,18,20). The quantitative estimate of drug-likeness (QED) is 0.862. The summed E-state index contributed by atoms with van der Waals surface area (Å²) in [6.07, 6.45) is 4.99. The predicted octanol–water partition coefficient (Wildman–Crippen LogP) is 3.47. The first-order chi connectivity index (χ1) is 9.60. The number of thiocarbonyl (C=S) groups is 1. The highest BCUT2D eigenvalue weighted by Gasteiger charge is 2.17. The lowest BCUT2D eigenvalue weighted by molar-refractivity contribution is 0.268. The van der Waals surface area contributed by atoms with Crippen molar-refractivity contribution in [3.05, 3.63) is 35.1 Å². The van der Waals surface area contributed by atoms with Gasteiger partial charge in [0, 0.05) is 17.7 Å². The van der Waals surface area contributed by atoms with Gasteiger partial charge < -0.3 is 5.73 Å². The fraction of sp³-hybridized carbons (Fsp3) is 0.562. The van der Waals surface area contributed by atoms with Gasteiger partial charge in [-0.1, -0.05) is 37.7 Å². The number of nitrogens with two attached hydrogens (primary N) is 1. The summed E-state index contributed by atoms with van der Waals surface area (Å²) >= 11 is 4.87. The van der Waals surface area contributed by atoms with Crippen LogP contribution in [-0.2, 0) is 6.54 Å². The average Bonchev–Trinajstić information content (AvgIpc) is 2.66. The van der Waals surface area contributed by atoms with E-state index in [4.69, 9.17) is 18.0 Å². The molecule has 0 aromatic heterocycles. The van der Waals surface area contributed by atoms with Gasteiger partial charge in [0.1, 0.15) is 10.8 Å². The molecular formula is C16H23FN2S. The first-order valence-corrected chi connectivity index (χ1v) is 7.81. The van der Waals surface area contributed by atoms with E-state index in [0.29, 0.717) is 12.1 Å². The van der Waals surface area contributed by atoms with Gasteiger partial charge in [0.15, 0.2) is 0 Å². The maximum Gasteiger partial charge on any atom is 0.128 e. The molecule has 1 unspecified atom stereocenters. The molecule has 0 spiro atoms. The Kier molecular flexibility index (Phi) is 5.49. The lowest BCUT2D eigenvalue weighted by Crippen LogP contribution is -2.25. The second-order valence-corrected chi connectivity index (χ2v) is 6.09. The number of rotatable bonds is 4. The molecule has 0 bridgehead atoms. The van der Waals surface area contributed by atoms with Crippen LogP contribution in [0.1, 0.15) is 43.7 Å². The van der Waals surface area contributed by atoms with Crippen LogP contribution in [-0.4, -0.2) is 23.0 Å². The molecule has 1 saturated heterocycles. The fourth-order valence-electron chi connectivity index (χ4n) is 2.86. The van der Waals surface area contributed by atoms with Crippen LogP contribution < -0.4 is 5.73 Å². The molecule has 1 aromatic carbocycles. The maximum absolute atomic E-state index is 14.1. The van der Waals surface area contributed by atoms with Crippen molar-refractivity contribution in [3.63, 3.8) is 0 Å². The highest BCUT2D eigenvalue weighted by Crippen LogP contribution is 2.22. The molecule has 1 fully saturated rings. The molecule has 0 saturated carbocycles. The lowest BCUT2D eigenvalue weighted by Gasteiger charge is -2.20. The van der Waals surface area contributed by atoms with Crippen LogP contribution in [0, 0.1) is 11.7 Å². The first kappa shape index (κ1) is 15.4. The summed E-state index contributed by atoms with van der Waals surface area (Å²) in [4.78, 5) is 2.60. The molecule has 4 heteroatoms. The highest BCUT2D eigenvalue weighted by molar-refractivity contribution is 7.80. The van der Waals surface area contributed by atoms with E-state index < -0.39 is 0 Å². The largest absolute Gasteiger partial charge is 0.389 e. The van der Waals surface area contributed by atoms with E-state index in [1.807, 2.05) is 12.1 Å². The van der Waals surface area contributed by atoms with Crippen molar-refractivity contribution in [2.24, 2.45) is 11.7 Å². The molecule has 1 atom stereocenters. The predicted molar refractivity (Wildman–Crippen MR) is 85.2 cm³/mol. The lowest BCUT2D eigenvalue weighted by atomic mass is 9.98. The Labute approximate surface area is 126 Å². The second kappa shape index (κ2) is 7.14. The smallest absolute Gasteiger partial charge is 0.128 e. The van der Waals surface area contributed by atoms with Crippen molar-refractivity contribution in [1.29, 1.82) is 0 Å². The van der Waals surface area contributed by atoms with Crippen LogP contribution >= 0.6 is 12.2 Å². The maximum atomic E-state index is 14.1. The van der Waals surface area contributed by atoms with Crippen molar-refractivity contribution in [3.8, 4) is 0 Å². The van der Waals surface area contributed by atoms with E-state index in [-0.39, 0.29) is 10.8 Å². The molecule has 1 aromatic rings. The van der Waals surface area contributed by atoms with Gasteiger partial charge in [0.05, 0.1) is 0 Å². The topological polar surface area (TPSA) is 29.3 Å². The van der Waals surface area contributed by atoms with E-state index in [2.05, 4.69) is 11.8 Å². The molecule has 2 rings (SSSR count). The van der Waals surface area contributed by atoms with E-state index >= 15 is 0 Å². The van der Waals surface area contributed by atoms with Crippen LogP contribution in [0.25, 0.3) is 0 Å². The number of benzene rings is 1. The Hall–Kier alpha value is -1.00. The Morgan fingerprint density at radius 2 is 2.20 bits per heavy atom. The summed E-state index contributed by atoms with van der Waals surface area (Å²) in [7, 11) is 0. The number of hydrogen-bond acceptors (Lipinski definition) is 2. The van der Waals surface area contributed by atoms with Crippen LogP contribution in [0.15, 0.2) is 18.2 Å². The molecule has 20 heavy (non-hydrogen) atoms. The van der Waals surface area contributed by atoms with E-state index in [1.54, 1.807) is 0 Å². The van der Waals surface area contributed by atoms with Gasteiger partial charge in [-0.05, 0) is 44.3 Å². The van der Waals surface area contributed by atoms with Crippen molar-refractivity contribution < 1.29 is 4.39 Å². The summed E-state index contributed by atoms with van der Waals surface area (Å²) in [6, 6.07) is 5.07. The average molecular weight is 294 g/mol. The summed E-state index contributed by atoms with van der Waals surface area (Å²) in [5.41, 5.74) is 6.86. The Morgan fingerprint density at radius 3 is 2.85 bits per heavy atom. The molecule has 1 aliphatic heterocycles. The van der Waals surface area contributed by atoms with E-state index in [9.17, 15) is 4.39 Å². The van der Waals surface area contributed by atoms with Crippen molar-refractivity contribution >= 4 is 17.2 Å². The Morgan fingerprint density at radius 1 is 1.40 bits per heavy atom. The minimum atomic E-state index is -0.202. The zero-order valence-corrected chi connectivity index (χ0v) is 12.9. The van der Waals surface area contributed by atoms with E-state index in [1.165, 1.54) is 31.7 Å². The van der Waals surface area contributed by atoms with Crippen LogP contribution in [0.4, 0.5) is 4.39 Å². The molecule has 1 heterocycles. The van der Waals surface area contributed by atoms with Crippen LogP contribution in [0.2, 0.25) is 0 Å². The molecule has 0 radical (unpaired) electrons. The summed E-state index contributed by atoms with van der Waals surface area (Å²) in [5.74, 6) is 0.633. The van der Waals surface area contributed by atoms with Gasteiger partial charge >= 0.3 is 0 Å². The van der Waals surface area contributed by atoms with Gasteiger partial charge in [-0.25, -0.2) is 4.39 Å². The second-order valence-electron chi connectivity index (χ2n) is 5.65. The zero-order chi connectivity index (χ0) is 14.5. The zero-order valence-electron chi connectivity index (χ0n) is 12.1. The fourth-order valence-corrected chi connectivity index (χ4v) is 2.99. The van der Waals surface area contributed by atoms with Crippen LogP contribution in [0.3, 0.4) is 0 Å². The van der Waals surface area contributed by atoms with Gasteiger partial charge in [0.2, 0.25) is 0 Å². The summed E-state index contributed by atoms with van der Waals surface area (Å²) < 4.78 is 14.1. The first-order valence-electron chi connectivity index (χ1n) is 7.40. The number of likely N-dealkylation sites (tertiary alicyclic amines) is 1. The molecule has 0 amide bonds. The Bertz CT molecular complexity index is 476. The molecule has 110 valence electrons. The molecule has 2 nitrogen and oxygen atoms in total. The number of halogens is 1. The Balaban J connectivity index is 2.01. The minimum absolute atomic E-state index is 0.202. The van der Waals surface area contributed by atoms with Gasteiger partial charge in [-0.3, -0.25) is 4.90 Å². The van der Waals surface area contributed by atoms with E-state index in [0.717, 1.165) is 24.6 Å². The number of nitrogens with zero attached hydrogens (tertiary/aromatic N) is 1. The van der Waals surface area contributed by atoms with Gasteiger partial charge in [-0.2, -0.15) is 0 Å².